The molecule has 0 saturated heterocycles. The Morgan fingerprint density at radius 2 is 2.18 bits per heavy atom. The van der Waals surface area contributed by atoms with Crippen molar-refractivity contribution in [3.8, 4) is 5.75 Å². The van der Waals surface area contributed by atoms with Crippen molar-refractivity contribution in [3.05, 3.63) is 28.8 Å². The van der Waals surface area contributed by atoms with E-state index in [-0.39, 0.29) is 12.3 Å². The molecule has 1 saturated carbocycles. The summed E-state index contributed by atoms with van der Waals surface area (Å²) >= 11 is 6.00. The molecule has 4 nitrogen and oxygen atoms in total. The van der Waals surface area contributed by atoms with E-state index >= 15 is 0 Å². The Bertz CT molecular complexity index is 412. The number of carbonyl (C=O) groups is 1. The Labute approximate surface area is 104 Å². The number of carboxylic acid groups (broad SMARTS) is 1. The van der Waals surface area contributed by atoms with Crippen molar-refractivity contribution >= 4 is 17.6 Å². The first-order valence-electron chi connectivity index (χ1n) is 5.50. The zero-order chi connectivity index (χ0) is 12.4. The lowest BCUT2D eigenvalue weighted by atomic mass is 10.2. The zero-order valence-electron chi connectivity index (χ0n) is 9.27. The van der Waals surface area contributed by atoms with E-state index in [1.807, 2.05) is 4.90 Å². The molecule has 0 aromatic heterocycles. The van der Waals surface area contributed by atoms with Gasteiger partial charge in [-0.1, -0.05) is 17.7 Å². The molecular formula is C12H14ClNO3. The second-order valence-electron chi connectivity index (χ2n) is 4.27. The van der Waals surface area contributed by atoms with Crippen LogP contribution in [0.25, 0.3) is 0 Å². The number of aliphatic carboxylic acids is 1. The van der Waals surface area contributed by atoms with Gasteiger partial charge in [-0.2, -0.15) is 0 Å². The number of hydrogen-bond donors (Lipinski definition) is 2. The molecule has 0 atom stereocenters. The summed E-state index contributed by atoms with van der Waals surface area (Å²) in [6, 6.07) is 5.23. The lowest BCUT2D eigenvalue weighted by Gasteiger charge is -2.20. The van der Waals surface area contributed by atoms with Crippen molar-refractivity contribution in [2.45, 2.75) is 25.4 Å². The molecule has 0 heterocycles. The van der Waals surface area contributed by atoms with Gasteiger partial charge in [0.1, 0.15) is 5.75 Å². The van der Waals surface area contributed by atoms with E-state index in [1.54, 1.807) is 18.2 Å². The molecule has 1 aromatic carbocycles. The Morgan fingerprint density at radius 1 is 1.47 bits per heavy atom. The third-order valence-corrected chi connectivity index (χ3v) is 3.21. The van der Waals surface area contributed by atoms with Gasteiger partial charge in [-0.05, 0) is 25.0 Å². The quantitative estimate of drug-likeness (QED) is 0.846. The van der Waals surface area contributed by atoms with Crippen LogP contribution < -0.4 is 0 Å². The van der Waals surface area contributed by atoms with E-state index in [4.69, 9.17) is 16.7 Å². The Balaban J connectivity index is 2.14. The van der Waals surface area contributed by atoms with Gasteiger partial charge in [-0.25, -0.2) is 0 Å². The first kappa shape index (κ1) is 12.2. The number of nitrogens with zero attached hydrogens (tertiary/aromatic N) is 1. The molecule has 92 valence electrons. The molecule has 0 radical (unpaired) electrons. The summed E-state index contributed by atoms with van der Waals surface area (Å²) in [5.41, 5.74) is 0.599. The van der Waals surface area contributed by atoms with Gasteiger partial charge < -0.3 is 10.2 Å². The van der Waals surface area contributed by atoms with Gasteiger partial charge in [-0.15, -0.1) is 0 Å². The largest absolute Gasteiger partial charge is 0.508 e. The summed E-state index contributed by atoms with van der Waals surface area (Å²) in [7, 11) is 0. The first-order valence-corrected chi connectivity index (χ1v) is 5.88. The summed E-state index contributed by atoms with van der Waals surface area (Å²) in [6.45, 7) is 0.359. The SMILES string of the molecule is O=C(O)CN(Cc1c(O)cccc1Cl)C1CC1. The molecule has 17 heavy (non-hydrogen) atoms. The number of carboxylic acids is 1. The normalized spacial score (nSPS) is 15.2. The lowest BCUT2D eigenvalue weighted by Crippen LogP contribution is -2.31. The maximum atomic E-state index is 10.8. The summed E-state index contributed by atoms with van der Waals surface area (Å²) in [5.74, 6) is -0.739. The molecule has 1 aliphatic carbocycles. The van der Waals surface area contributed by atoms with Crippen LogP contribution in [0.2, 0.25) is 5.02 Å². The molecule has 0 spiro atoms. The lowest BCUT2D eigenvalue weighted by molar-refractivity contribution is -0.138. The van der Waals surface area contributed by atoms with Crippen LogP contribution in [0.5, 0.6) is 5.75 Å². The maximum absolute atomic E-state index is 10.8. The van der Waals surface area contributed by atoms with Crippen molar-refractivity contribution in [2.75, 3.05) is 6.54 Å². The third kappa shape index (κ3) is 3.11. The zero-order valence-corrected chi connectivity index (χ0v) is 10.0. The molecule has 1 aliphatic rings. The van der Waals surface area contributed by atoms with Gasteiger partial charge in [-0.3, -0.25) is 9.69 Å². The number of benzene rings is 1. The summed E-state index contributed by atoms with van der Waals surface area (Å²) in [6.07, 6.45) is 2.02. The van der Waals surface area contributed by atoms with Crippen LogP contribution in [0.4, 0.5) is 0 Å². The fourth-order valence-electron chi connectivity index (χ4n) is 1.83. The Morgan fingerprint density at radius 3 is 2.71 bits per heavy atom. The number of aromatic hydroxyl groups is 1. The second-order valence-corrected chi connectivity index (χ2v) is 4.67. The van der Waals surface area contributed by atoms with Crippen molar-refractivity contribution in [1.29, 1.82) is 0 Å². The van der Waals surface area contributed by atoms with Gasteiger partial charge in [0.2, 0.25) is 0 Å². The fraction of sp³-hybridized carbons (Fsp3) is 0.417. The average Bonchev–Trinajstić information content (AvgIpc) is 3.05. The van der Waals surface area contributed by atoms with Gasteiger partial charge in [0.05, 0.1) is 6.54 Å². The van der Waals surface area contributed by atoms with Crippen molar-refractivity contribution < 1.29 is 15.0 Å². The van der Waals surface area contributed by atoms with Gasteiger partial charge in [0.25, 0.3) is 0 Å². The molecule has 1 aromatic rings. The highest BCUT2D eigenvalue weighted by atomic mass is 35.5. The molecule has 0 bridgehead atoms. The van der Waals surface area contributed by atoms with E-state index in [2.05, 4.69) is 0 Å². The van der Waals surface area contributed by atoms with Gasteiger partial charge in [0, 0.05) is 23.2 Å². The van der Waals surface area contributed by atoms with E-state index in [9.17, 15) is 9.90 Å². The molecule has 0 unspecified atom stereocenters. The van der Waals surface area contributed by atoms with Gasteiger partial charge >= 0.3 is 5.97 Å². The Hall–Kier alpha value is -1.26. The molecule has 5 heteroatoms. The van der Waals surface area contributed by atoms with E-state index in [0.29, 0.717) is 23.2 Å². The number of phenolic OH excluding ortho intramolecular Hbond substituents is 1. The highest BCUT2D eigenvalue weighted by Gasteiger charge is 2.31. The molecule has 2 N–H and O–H groups in total. The summed E-state index contributed by atoms with van der Waals surface area (Å²) < 4.78 is 0. The standard InChI is InChI=1S/C12H14ClNO3/c13-10-2-1-3-11(15)9(10)6-14(7-12(16)17)8-4-5-8/h1-3,8,15H,4-7H2,(H,16,17). The van der Waals surface area contributed by atoms with E-state index in [1.165, 1.54) is 0 Å². The third-order valence-electron chi connectivity index (χ3n) is 2.86. The molecule has 0 amide bonds. The smallest absolute Gasteiger partial charge is 0.317 e. The molecule has 2 rings (SSSR count). The summed E-state index contributed by atoms with van der Waals surface area (Å²) in [5, 5.41) is 19.0. The van der Waals surface area contributed by atoms with Crippen LogP contribution in [0.15, 0.2) is 18.2 Å². The van der Waals surface area contributed by atoms with Crippen molar-refractivity contribution in [1.82, 2.24) is 4.90 Å². The Kier molecular flexibility index (Phi) is 3.54. The first-order chi connectivity index (χ1) is 8.08. The summed E-state index contributed by atoms with van der Waals surface area (Å²) in [4.78, 5) is 12.6. The van der Waals surface area contributed by atoms with Crippen LogP contribution in [0.1, 0.15) is 18.4 Å². The number of halogens is 1. The second kappa shape index (κ2) is 4.94. The van der Waals surface area contributed by atoms with Crippen LogP contribution in [-0.2, 0) is 11.3 Å². The van der Waals surface area contributed by atoms with Crippen LogP contribution in [0.3, 0.4) is 0 Å². The topological polar surface area (TPSA) is 60.8 Å². The molecule has 1 fully saturated rings. The highest BCUT2D eigenvalue weighted by Crippen LogP contribution is 2.32. The minimum Gasteiger partial charge on any atom is -0.508 e. The van der Waals surface area contributed by atoms with Crippen molar-refractivity contribution in [2.24, 2.45) is 0 Å². The highest BCUT2D eigenvalue weighted by molar-refractivity contribution is 6.31. The monoisotopic (exact) mass is 255 g/mol. The number of hydrogen-bond acceptors (Lipinski definition) is 3. The molecular weight excluding hydrogens is 242 g/mol. The van der Waals surface area contributed by atoms with E-state index < -0.39 is 5.97 Å². The average molecular weight is 256 g/mol. The maximum Gasteiger partial charge on any atom is 0.317 e. The fourth-order valence-corrected chi connectivity index (χ4v) is 2.06. The predicted octanol–water partition coefficient (Wildman–Crippen LogP) is 2.09. The van der Waals surface area contributed by atoms with E-state index in [0.717, 1.165) is 12.8 Å². The van der Waals surface area contributed by atoms with Crippen LogP contribution >= 0.6 is 11.6 Å². The molecule has 0 aliphatic heterocycles. The number of phenols is 1. The number of rotatable bonds is 5. The van der Waals surface area contributed by atoms with Crippen molar-refractivity contribution in [3.63, 3.8) is 0 Å². The minimum atomic E-state index is -0.858. The minimum absolute atomic E-state index is 0.0185. The van der Waals surface area contributed by atoms with Crippen LogP contribution in [-0.4, -0.2) is 33.7 Å². The van der Waals surface area contributed by atoms with Crippen LogP contribution in [0, 0.1) is 0 Å². The van der Waals surface area contributed by atoms with Gasteiger partial charge in [0.15, 0.2) is 0 Å². The predicted molar refractivity (Wildman–Crippen MR) is 64.2 cm³/mol.